The third kappa shape index (κ3) is 3.74. The van der Waals surface area contributed by atoms with Crippen molar-refractivity contribution < 1.29 is 18.0 Å². The largest absolute Gasteiger partial charge is 0.339 e. The number of benzene rings is 2. The van der Waals surface area contributed by atoms with Gasteiger partial charge in [-0.3, -0.25) is 4.79 Å². The molecule has 2 N–H and O–H groups in total. The maximum absolute atomic E-state index is 13.6. The van der Waals surface area contributed by atoms with Crippen molar-refractivity contribution >= 4 is 23.2 Å². The molecule has 0 bridgehead atoms. The first-order valence-electron chi connectivity index (χ1n) is 7.15. The number of aromatic nitrogens is 2. The van der Waals surface area contributed by atoms with Crippen molar-refractivity contribution in [2.75, 3.05) is 10.6 Å². The maximum Gasteiger partial charge on any atom is 0.259 e. The summed E-state index contributed by atoms with van der Waals surface area (Å²) in [7, 11) is 0. The smallest absolute Gasteiger partial charge is 0.259 e. The Kier molecular flexibility index (Phi) is 4.60. The predicted molar refractivity (Wildman–Crippen MR) is 86.0 cm³/mol. The number of nitrogens with zero attached hydrogens (tertiary/aromatic N) is 2. The van der Waals surface area contributed by atoms with E-state index in [0.29, 0.717) is 11.9 Å². The highest BCUT2D eigenvalue weighted by Gasteiger charge is 2.19. The Morgan fingerprint density at radius 3 is 2.16 bits per heavy atom. The lowest BCUT2D eigenvalue weighted by atomic mass is 10.2. The van der Waals surface area contributed by atoms with Gasteiger partial charge in [0.05, 0.1) is 5.56 Å². The monoisotopic (exact) mass is 344 g/mol. The van der Waals surface area contributed by atoms with E-state index in [2.05, 4.69) is 20.8 Å². The number of amides is 1. The predicted octanol–water partition coefficient (Wildman–Crippen LogP) is 3.89. The van der Waals surface area contributed by atoms with Crippen LogP contribution in [0.25, 0.3) is 0 Å². The van der Waals surface area contributed by atoms with E-state index in [0.717, 1.165) is 11.8 Å². The van der Waals surface area contributed by atoms with Gasteiger partial charge in [-0.1, -0.05) is 18.2 Å². The molecular formula is C17H11F3N4O. The number of para-hydroxylation sites is 1. The van der Waals surface area contributed by atoms with Gasteiger partial charge in [0.25, 0.3) is 5.91 Å². The Labute approximate surface area is 140 Å². The summed E-state index contributed by atoms with van der Waals surface area (Å²) in [6, 6.07) is 13.7. The molecule has 2 aromatic carbocycles. The molecule has 0 saturated carbocycles. The van der Waals surface area contributed by atoms with Gasteiger partial charge in [-0.2, -0.15) is 0 Å². The fourth-order valence-corrected chi connectivity index (χ4v) is 2.02. The number of anilines is 3. The molecule has 0 atom stereocenters. The quantitative estimate of drug-likeness (QED) is 0.705. The molecule has 0 radical (unpaired) electrons. The zero-order valence-corrected chi connectivity index (χ0v) is 12.6. The van der Waals surface area contributed by atoms with Gasteiger partial charge < -0.3 is 10.6 Å². The number of rotatable bonds is 4. The number of carbonyl (C=O) groups excluding carboxylic acids is 1. The highest BCUT2D eigenvalue weighted by molar-refractivity contribution is 6.03. The van der Waals surface area contributed by atoms with Crippen LogP contribution < -0.4 is 10.6 Å². The normalized spacial score (nSPS) is 10.4. The third-order valence-electron chi connectivity index (χ3n) is 3.23. The van der Waals surface area contributed by atoms with Crippen molar-refractivity contribution in [3.63, 3.8) is 0 Å². The molecule has 0 aliphatic heterocycles. The number of nitrogens with one attached hydrogen (secondary N) is 2. The van der Waals surface area contributed by atoms with Crippen LogP contribution in [0.15, 0.2) is 54.6 Å². The summed E-state index contributed by atoms with van der Waals surface area (Å²) >= 11 is 0. The summed E-state index contributed by atoms with van der Waals surface area (Å²) in [5.41, 5.74) is 0.171. The fourth-order valence-electron chi connectivity index (χ4n) is 2.02. The van der Waals surface area contributed by atoms with E-state index in [1.54, 1.807) is 6.07 Å². The van der Waals surface area contributed by atoms with Crippen molar-refractivity contribution in [3.8, 4) is 0 Å². The molecule has 1 aromatic heterocycles. The zero-order valence-electron chi connectivity index (χ0n) is 12.6. The summed E-state index contributed by atoms with van der Waals surface area (Å²) in [4.78, 5) is 12.0. The van der Waals surface area contributed by atoms with Crippen LogP contribution in [-0.4, -0.2) is 16.1 Å². The minimum Gasteiger partial charge on any atom is -0.339 e. The molecule has 0 unspecified atom stereocenters. The molecule has 8 heteroatoms. The minimum atomic E-state index is -1.71. The van der Waals surface area contributed by atoms with E-state index in [1.165, 1.54) is 6.07 Å². The van der Waals surface area contributed by atoms with Gasteiger partial charge in [0.2, 0.25) is 0 Å². The molecule has 1 amide bonds. The molecule has 3 aromatic rings. The van der Waals surface area contributed by atoms with E-state index in [1.807, 2.05) is 30.3 Å². The molecule has 0 aliphatic rings. The standard InChI is InChI=1S/C17H11F3N4O/c18-12-7-6-11(15(19)16(12)20)17(25)22-14-9-8-13(23-24-14)21-10-4-2-1-3-5-10/h1-9H,(H,21,23)(H,22,24,25). The van der Waals surface area contributed by atoms with Crippen molar-refractivity contribution in [1.82, 2.24) is 10.2 Å². The summed E-state index contributed by atoms with van der Waals surface area (Å²) in [5, 5.41) is 12.9. The zero-order chi connectivity index (χ0) is 17.8. The Hall–Kier alpha value is -3.42. The van der Waals surface area contributed by atoms with Crippen molar-refractivity contribution in [2.45, 2.75) is 0 Å². The van der Waals surface area contributed by atoms with Crippen LogP contribution in [0.3, 0.4) is 0 Å². The SMILES string of the molecule is O=C(Nc1ccc(Nc2ccccc2)nn1)c1ccc(F)c(F)c1F. The first kappa shape index (κ1) is 16.4. The first-order valence-corrected chi connectivity index (χ1v) is 7.15. The lowest BCUT2D eigenvalue weighted by Gasteiger charge is -2.07. The topological polar surface area (TPSA) is 66.9 Å². The van der Waals surface area contributed by atoms with Gasteiger partial charge in [-0.15, -0.1) is 10.2 Å². The van der Waals surface area contributed by atoms with Gasteiger partial charge in [0.15, 0.2) is 29.1 Å². The molecular weight excluding hydrogens is 333 g/mol. The van der Waals surface area contributed by atoms with Crippen LogP contribution in [0, 0.1) is 17.5 Å². The third-order valence-corrected chi connectivity index (χ3v) is 3.23. The van der Waals surface area contributed by atoms with Crippen LogP contribution in [-0.2, 0) is 0 Å². The molecule has 0 fully saturated rings. The van der Waals surface area contributed by atoms with Crippen molar-refractivity contribution in [2.24, 2.45) is 0 Å². The van der Waals surface area contributed by atoms with Crippen molar-refractivity contribution in [1.29, 1.82) is 0 Å². The summed E-state index contributed by atoms with van der Waals surface area (Å²) in [5.74, 6) is -5.13. The van der Waals surface area contributed by atoms with Gasteiger partial charge in [0.1, 0.15) is 0 Å². The van der Waals surface area contributed by atoms with Crippen LogP contribution >= 0.6 is 0 Å². The van der Waals surface area contributed by atoms with Crippen LogP contribution in [0.2, 0.25) is 0 Å². The van der Waals surface area contributed by atoms with E-state index < -0.39 is 28.9 Å². The van der Waals surface area contributed by atoms with Gasteiger partial charge in [-0.05, 0) is 36.4 Å². The van der Waals surface area contributed by atoms with Gasteiger partial charge >= 0.3 is 0 Å². The lowest BCUT2D eigenvalue weighted by molar-refractivity contribution is 0.102. The van der Waals surface area contributed by atoms with E-state index in [9.17, 15) is 18.0 Å². The minimum absolute atomic E-state index is 0.0349. The second-order valence-corrected chi connectivity index (χ2v) is 4.97. The summed E-state index contributed by atoms with van der Waals surface area (Å²) in [6.45, 7) is 0. The van der Waals surface area contributed by atoms with Crippen LogP contribution in [0.1, 0.15) is 10.4 Å². The molecule has 0 saturated heterocycles. The molecule has 0 spiro atoms. The highest BCUT2D eigenvalue weighted by Crippen LogP contribution is 2.17. The Balaban J connectivity index is 1.71. The number of carbonyl (C=O) groups is 1. The molecule has 0 aliphatic carbocycles. The van der Waals surface area contributed by atoms with E-state index in [-0.39, 0.29) is 5.82 Å². The molecule has 126 valence electrons. The van der Waals surface area contributed by atoms with Crippen LogP contribution in [0.4, 0.5) is 30.5 Å². The highest BCUT2D eigenvalue weighted by atomic mass is 19.2. The second kappa shape index (κ2) is 7.00. The van der Waals surface area contributed by atoms with Crippen LogP contribution in [0.5, 0.6) is 0 Å². The Morgan fingerprint density at radius 1 is 0.800 bits per heavy atom. The van der Waals surface area contributed by atoms with E-state index >= 15 is 0 Å². The Morgan fingerprint density at radius 2 is 1.48 bits per heavy atom. The number of hydrogen-bond acceptors (Lipinski definition) is 4. The average Bonchev–Trinajstić information content (AvgIpc) is 2.62. The fraction of sp³-hybridized carbons (Fsp3) is 0. The molecule has 1 heterocycles. The first-order chi connectivity index (χ1) is 12.0. The number of halogens is 3. The van der Waals surface area contributed by atoms with E-state index in [4.69, 9.17) is 0 Å². The molecule has 25 heavy (non-hydrogen) atoms. The average molecular weight is 344 g/mol. The second-order valence-electron chi connectivity index (χ2n) is 4.97. The van der Waals surface area contributed by atoms with Crippen molar-refractivity contribution in [3.05, 3.63) is 77.6 Å². The lowest BCUT2D eigenvalue weighted by Crippen LogP contribution is -2.16. The Bertz CT molecular complexity index is 902. The maximum atomic E-state index is 13.6. The summed E-state index contributed by atoms with van der Waals surface area (Å²) in [6.07, 6.45) is 0. The van der Waals surface area contributed by atoms with Gasteiger partial charge in [-0.25, -0.2) is 13.2 Å². The van der Waals surface area contributed by atoms with Gasteiger partial charge in [0, 0.05) is 5.69 Å². The number of hydrogen-bond donors (Lipinski definition) is 2. The molecule has 3 rings (SSSR count). The summed E-state index contributed by atoms with van der Waals surface area (Å²) < 4.78 is 39.7. The molecule has 5 nitrogen and oxygen atoms in total.